The Kier molecular flexibility index (Phi) is 4.29. The highest BCUT2D eigenvalue weighted by Gasteiger charge is 2.11. The van der Waals surface area contributed by atoms with Gasteiger partial charge in [0.25, 0.3) is 11.9 Å². The SMILES string of the molecule is COCCNc1cncc(C(=O)Nc2nn[nH]n2)n1. The van der Waals surface area contributed by atoms with Crippen molar-refractivity contribution in [3.05, 3.63) is 18.1 Å². The molecule has 0 aliphatic heterocycles. The monoisotopic (exact) mass is 264 g/mol. The largest absolute Gasteiger partial charge is 0.383 e. The highest BCUT2D eigenvalue weighted by Crippen LogP contribution is 2.03. The number of H-pyrrole nitrogens is 1. The number of ether oxygens (including phenoxy) is 1. The molecule has 0 unspecified atom stereocenters. The first kappa shape index (κ1) is 12.8. The van der Waals surface area contributed by atoms with E-state index in [0.29, 0.717) is 19.0 Å². The molecule has 2 heterocycles. The summed E-state index contributed by atoms with van der Waals surface area (Å²) in [5.74, 6) is 0.0895. The number of methoxy groups -OCH3 is 1. The molecule has 0 aliphatic rings. The Balaban J connectivity index is 1.99. The van der Waals surface area contributed by atoms with Crippen LogP contribution in [0.5, 0.6) is 0 Å². The molecule has 1 amide bonds. The molecular weight excluding hydrogens is 252 g/mol. The smallest absolute Gasteiger partial charge is 0.278 e. The van der Waals surface area contributed by atoms with Gasteiger partial charge in [0.2, 0.25) is 0 Å². The van der Waals surface area contributed by atoms with Crippen LogP contribution in [0.1, 0.15) is 10.5 Å². The van der Waals surface area contributed by atoms with Crippen molar-refractivity contribution in [2.24, 2.45) is 0 Å². The highest BCUT2D eigenvalue weighted by molar-refractivity contribution is 6.01. The Morgan fingerprint density at radius 3 is 3.11 bits per heavy atom. The van der Waals surface area contributed by atoms with Crippen LogP contribution < -0.4 is 10.6 Å². The van der Waals surface area contributed by atoms with Crippen molar-refractivity contribution in [3.8, 4) is 0 Å². The molecule has 0 aliphatic carbocycles. The van der Waals surface area contributed by atoms with Gasteiger partial charge in [-0.15, -0.1) is 5.10 Å². The fraction of sp³-hybridized carbons (Fsp3) is 0.333. The van der Waals surface area contributed by atoms with Gasteiger partial charge in [0.15, 0.2) is 0 Å². The first-order valence-electron chi connectivity index (χ1n) is 5.39. The molecule has 2 rings (SSSR count). The highest BCUT2D eigenvalue weighted by atomic mass is 16.5. The molecule has 2 aromatic rings. The van der Waals surface area contributed by atoms with E-state index in [1.165, 1.54) is 12.4 Å². The molecule has 0 saturated heterocycles. The van der Waals surface area contributed by atoms with Crippen LogP contribution in [-0.4, -0.2) is 56.8 Å². The van der Waals surface area contributed by atoms with Crippen LogP contribution in [0.15, 0.2) is 12.4 Å². The van der Waals surface area contributed by atoms with Crippen LogP contribution in [-0.2, 0) is 4.74 Å². The van der Waals surface area contributed by atoms with Crippen LogP contribution in [0.4, 0.5) is 11.8 Å². The van der Waals surface area contributed by atoms with Gasteiger partial charge in [-0.25, -0.2) is 4.98 Å². The van der Waals surface area contributed by atoms with Gasteiger partial charge in [-0.2, -0.15) is 5.21 Å². The lowest BCUT2D eigenvalue weighted by atomic mass is 10.4. The number of hydrogen-bond acceptors (Lipinski definition) is 8. The Morgan fingerprint density at radius 2 is 2.37 bits per heavy atom. The summed E-state index contributed by atoms with van der Waals surface area (Å²) in [4.78, 5) is 19.8. The second-order valence-corrected chi connectivity index (χ2v) is 3.40. The van der Waals surface area contributed by atoms with Gasteiger partial charge in [-0.1, -0.05) is 5.10 Å². The van der Waals surface area contributed by atoms with Gasteiger partial charge < -0.3 is 10.1 Å². The summed E-state index contributed by atoms with van der Waals surface area (Å²) in [7, 11) is 1.60. The predicted molar refractivity (Wildman–Crippen MR) is 64.5 cm³/mol. The zero-order valence-corrected chi connectivity index (χ0v) is 10.1. The van der Waals surface area contributed by atoms with E-state index in [4.69, 9.17) is 4.74 Å². The molecule has 0 bridgehead atoms. The van der Waals surface area contributed by atoms with Crippen LogP contribution in [0.25, 0.3) is 0 Å². The Labute approximate surface area is 108 Å². The summed E-state index contributed by atoms with van der Waals surface area (Å²) in [5, 5.41) is 18.2. The number of aromatic nitrogens is 6. The number of carbonyl (C=O) groups is 1. The minimum atomic E-state index is -0.468. The van der Waals surface area contributed by atoms with E-state index >= 15 is 0 Å². The zero-order chi connectivity index (χ0) is 13.5. The van der Waals surface area contributed by atoms with E-state index in [0.717, 1.165) is 0 Å². The number of amides is 1. The molecule has 0 radical (unpaired) electrons. The van der Waals surface area contributed by atoms with Gasteiger partial charge in [0.05, 0.1) is 19.0 Å². The molecule has 10 nitrogen and oxygen atoms in total. The quantitative estimate of drug-likeness (QED) is 0.584. The molecule has 0 spiro atoms. The number of aromatic amines is 1. The molecule has 0 atom stereocenters. The maximum absolute atomic E-state index is 11.8. The summed E-state index contributed by atoms with van der Waals surface area (Å²) in [5.41, 5.74) is 0.146. The lowest BCUT2D eigenvalue weighted by molar-refractivity contribution is 0.102. The average molecular weight is 264 g/mol. The molecule has 2 aromatic heterocycles. The van der Waals surface area contributed by atoms with E-state index in [9.17, 15) is 4.79 Å². The van der Waals surface area contributed by atoms with Crippen LogP contribution in [0.2, 0.25) is 0 Å². The third-order valence-electron chi connectivity index (χ3n) is 2.05. The van der Waals surface area contributed by atoms with Gasteiger partial charge in [0.1, 0.15) is 11.5 Å². The zero-order valence-electron chi connectivity index (χ0n) is 10.1. The van der Waals surface area contributed by atoms with Crippen molar-refractivity contribution in [2.75, 3.05) is 30.9 Å². The minimum absolute atomic E-state index is 0.0737. The molecule has 0 fully saturated rings. The first-order valence-corrected chi connectivity index (χ1v) is 5.39. The third-order valence-corrected chi connectivity index (χ3v) is 2.05. The number of rotatable bonds is 6. The van der Waals surface area contributed by atoms with Crippen molar-refractivity contribution < 1.29 is 9.53 Å². The number of carbonyl (C=O) groups excluding carboxylic acids is 1. The van der Waals surface area contributed by atoms with Crippen molar-refractivity contribution in [1.29, 1.82) is 0 Å². The standard InChI is InChI=1S/C9H12N8O2/c1-19-3-2-11-7-5-10-4-6(12-7)8(18)13-9-14-16-17-15-9/h4-5H,2-3H2,1H3,(H,11,12)(H2,13,14,15,16,17,18). The molecule has 19 heavy (non-hydrogen) atoms. The van der Waals surface area contributed by atoms with E-state index < -0.39 is 5.91 Å². The Bertz CT molecular complexity index is 529. The van der Waals surface area contributed by atoms with Gasteiger partial charge >= 0.3 is 0 Å². The second kappa shape index (κ2) is 6.35. The summed E-state index contributed by atoms with van der Waals surface area (Å²) in [6, 6.07) is 0. The summed E-state index contributed by atoms with van der Waals surface area (Å²) in [6.45, 7) is 1.10. The third kappa shape index (κ3) is 3.67. The van der Waals surface area contributed by atoms with Crippen molar-refractivity contribution in [1.82, 2.24) is 30.6 Å². The lowest BCUT2D eigenvalue weighted by Crippen LogP contribution is -2.17. The number of tetrazole rings is 1. The van der Waals surface area contributed by atoms with Crippen LogP contribution in [0.3, 0.4) is 0 Å². The second-order valence-electron chi connectivity index (χ2n) is 3.40. The lowest BCUT2D eigenvalue weighted by Gasteiger charge is -2.05. The summed E-state index contributed by atoms with van der Waals surface area (Å²) >= 11 is 0. The van der Waals surface area contributed by atoms with Crippen molar-refractivity contribution in [2.45, 2.75) is 0 Å². The Morgan fingerprint density at radius 1 is 1.47 bits per heavy atom. The van der Waals surface area contributed by atoms with Crippen LogP contribution in [0, 0.1) is 0 Å². The van der Waals surface area contributed by atoms with E-state index in [1.807, 2.05) is 0 Å². The van der Waals surface area contributed by atoms with Crippen molar-refractivity contribution >= 4 is 17.7 Å². The van der Waals surface area contributed by atoms with Crippen molar-refractivity contribution in [3.63, 3.8) is 0 Å². The molecule has 0 saturated carbocycles. The molecule has 3 N–H and O–H groups in total. The molecule has 100 valence electrons. The maximum atomic E-state index is 11.8. The number of hydrogen-bond donors (Lipinski definition) is 3. The fourth-order valence-electron chi connectivity index (χ4n) is 1.22. The van der Waals surface area contributed by atoms with Crippen LogP contribution >= 0.6 is 0 Å². The molecular formula is C9H12N8O2. The number of anilines is 2. The van der Waals surface area contributed by atoms with Gasteiger partial charge in [0, 0.05) is 13.7 Å². The topological polar surface area (TPSA) is 131 Å². The maximum Gasteiger partial charge on any atom is 0.278 e. The predicted octanol–water partition coefficient (Wildman–Crippen LogP) is -0.700. The van der Waals surface area contributed by atoms with E-state index in [-0.39, 0.29) is 11.6 Å². The van der Waals surface area contributed by atoms with E-state index in [2.05, 4.69) is 41.2 Å². The molecule has 10 heteroatoms. The van der Waals surface area contributed by atoms with E-state index in [1.54, 1.807) is 7.11 Å². The summed E-state index contributed by atoms with van der Waals surface area (Å²) in [6.07, 6.45) is 2.86. The number of nitrogens with one attached hydrogen (secondary N) is 3. The Hall–Kier alpha value is -2.62. The van der Waals surface area contributed by atoms with Gasteiger partial charge in [-0.05, 0) is 5.21 Å². The summed E-state index contributed by atoms with van der Waals surface area (Å²) < 4.78 is 4.89. The molecule has 0 aromatic carbocycles. The fourth-order valence-corrected chi connectivity index (χ4v) is 1.22. The normalized spacial score (nSPS) is 10.2. The minimum Gasteiger partial charge on any atom is -0.383 e. The number of nitrogens with zero attached hydrogens (tertiary/aromatic N) is 5. The average Bonchev–Trinajstić information content (AvgIpc) is 2.92. The first-order chi connectivity index (χ1) is 9.29. The van der Waals surface area contributed by atoms with Gasteiger partial charge in [-0.3, -0.25) is 15.1 Å².